The summed E-state index contributed by atoms with van der Waals surface area (Å²) in [5, 5.41) is 17.8. The van der Waals surface area contributed by atoms with Gasteiger partial charge in [-0.3, -0.25) is 4.79 Å². The van der Waals surface area contributed by atoms with Crippen LogP contribution in [0.15, 0.2) is 22.7 Å². The molecule has 4 nitrogen and oxygen atoms in total. The lowest BCUT2D eigenvalue weighted by Gasteiger charge is -2.24. The summed E-state index contributed by atoms with van der Waals surface area (Å²) in [5.41, 5.74) is 1.40. The van der Waals surface area contributed by atoms with Crippen LogP contribution in [0, 0.1) is 17.2 Å². The Morgan fingerprint density at radius 3 is 2.78 bits per heavy atom. The van der Waals surface area contributed by atoms with Crippen molar-refractivity contribution in [1.82, 2.24) is 0 Å². The van der Waals surface area contributed by atoms with E-state index in [1.807, 2.05) is 4.90 Å². The molecule has 0 unspecified atom stereocenters. The molecular weight excluding hydrogens is 296 g/mol. The second kappa shape index (κ2) is 5.40. The van der Waals surface area contributed by atoms with Crippen molar-refractivity contribution in [2.75, 3.05) is 18.0 Å². The molecule has 1 saturated carbocycles. The molecule has 0 atom stereocenters. The number of halogens is 1. The van der Waals surface area contributed by atoms with Crippen molar-refractivity contribution in [3.05, 3.63) is 28.2 Å². The zero-order valence-corrected chi connectivity index (χ0v) is 11.4. The number of hydrogen-bond acceptors (Lipinski definition) is 3. The lowest BCUT2D eigenvalue weighted by atomic mass is 10.2. The van der Waals surface area contributed by atoms with Gasteiger partial charge in [0.05, 0.1) is 17.3 Å². The van der Waals surface area contributed by atoms with Gasteiger partial charge in [-0.25, -0.2) is 0 Å². The molecule has 1 aliphatic carbocycles. The predicted molar refractivity (Wildman–Crippen MR) is 71.4 cm³/mol. The van der Waals surface area contributed by atoms with Crippen molar-refractivity contribution < 1.29 is 9.90 Å². The number of nitrogens with zero attached hydrogens (tertiary/aromatic N) is 2. The van der Waals surface area contributed by atoms with Crippen molar-refractivity contribution >= 4 is 27.6 Å². The lowest BCUT2D eigenvalue weighted by Crippen LogP contribution is -2.31. The van der Waals surface area contributed by atoms with Gasteiger partial charge in [0.1, 0.15) is 6.54 Å². The highest BCUT2D eigenvalue weighted by molar-refractivity contribution is 9.10. The van der Waals surface area contributed by atoms with Crippen molar-refractivity contribution in [3.8, 4) is 6.07 Å². The van der Waals surface area contributed by atoms with Gasteiger partial charge in [0.2, 0.25) is 0 Å². The summed E-state index contributed by atoms with van der Waals surface area (Å²) in [7, 11) is 0. The zero-order valence-electron chi connectivity index (χ0n) is 9.77. The van der Waals surface area contributed by atoms with E-state index in [-0.39, 0.29) is 6.54 Å². The van der Waals surface area contributed by atoms with Gasteiger partial charge in [-0.05, 0) is 52.9 Å². The third kappa shape index (κ3) is 3.23. The Balaban J connectivity index is 2.23. The van der Waals surface area contributed by atoms with Crippen LogP contribution in [0.1, 0.15) is 18.4 Å². The predicted octanol–water partition coefficient (Wildman–Crippen LogP) is 2.62. The van der Waals surface area contributed by atoms with Gasteiger partial charge < -0.3 is 10.0 Å². The van der Waals surface area contributed by atoms with Gasteiger partial charge in [0.25, 0.3) is 0 Å². The van der Waals surface area contributed by atoms with E-state index in [2.05, 4.69) is 22.0 Å². The number of aliphatic carboxylic acids is 1. The highest BCUT2D eigenvalue weighted by atomic mass is 79.9. The first-order chi connectivity index (χ1) is 8.60. The summed E-state index contributed by atoms with van der Waals surface area (Å²) >= 11 is 3.40. The molecule has 1 aromatic carbocycles. The van der Waals surface area contributed by atoms with E-state index in [9.17, 15) is 4.79 Å². The van der Waals surface area contributed by atoms with Crippen molar-refractivity contribution in [1.29, 1.82) is 5.26 Å². The van der Waals surface area contributed by atoms with Crippen LogP contribution in [-0.2, 0) is 4.79 Å². The largest absolute Gasteiger partial charge is 0.480 e. The molecular formula is C13H13BrN2O2. The van der Waals surface area contributed by atoms with Gasteiger partial charge in [-0.1, -0.05) is 0 Å². The van der Waals surface area contributed by atoms with Gasteiger partial charge in [-0.2, -0.15) is 5.26 Å². The van der Waals surface area contributed by atoms with Crippen LogP contribution in [0.4, 0.5) is 5.69 Å². The molecule has 1 fully saturated rings. The summed E-state index contributed by atoms with van der Waals surface area (Å²) in [6.07, 6.45) is 2.34. The van der Waals surface area contributed by atoms with Crippen LogP contribution in [0.25, 0.3) is 0 Å². The molecule has 18 heavy (non-hydrogen) atoms. The van der Waals surface area contributed by atoms with E-state index in [0.717, 1.165) is 16.7 Å². The summed E-state index contributed by atoms with van der Waals surface area (Å²) in [4.78, 5) is 12.8. The van der Waals surface area contributed by atoms with Gasteiger partial charge >= 0.3 is 5.97 Å². The molecule has 0 amide bonds. The van der Waals surface area contributed by atoms with Crippen molar-refractivity contribution in [2.45, 2.75) is 12.8 Å². The summed E-state index contributed by atoms with van der Waals surface area (Å²) < 4.78 is 0.767. The Bertz CT molecular complexity index is 506. The Labute approximate surface area is 114 Å². The van der Waals surface area contributed by atoms with E-state index in [1.54, 1.807) is 18.2 Å². The fourth-order valence-corrected chi connectivity index (χ4v) is 2.49. The molecule has 0 saturated heterocycles. The van der Waals surface area contributed by atoms with Crippen LogP contribution in [0.2, 0.25) is 0 Å². The van der Waals surface area contributed by atoms with E-state index in [0.29, 0.717) is 11.5 Å². The molecule has 94 valence electrons. The second-order valence-electron chi connectivity index (χ2n) is 4.50. The van der Waals surface area contributed by atoms with Crippen LogP contribution >= 0.6 is 15.9 Å². The third-order valence-electron chi connectivity index (χ3n) is 2.92. The Morgan fingerprint density at radius 2 is 2.28 bits per heavy atom. The molecule has 1 aliphatic rings. The minimum absolute atomic E-state index is 0.0129. The summed E-state index contributed by atoms with van der Waals surface area (Å²) in [6, 6.07) is 7.29. The van der Waals surface area contributed by atoms with Gasteiger partial charge in [-0.15, -0.1) is 0 Å². The molecule has 2 rings (SSSR count). The first kappa shape index (κ1) is 12.9. The highest BCUT2D eigenvalue weighted by Gasteiger charge is 2.26. The maximum absolute atomic E-state index is 10.9. The Morgan fingerprint density at radius 1 is 1.56 bits per heavy atom. The standard InChI is InChI=1S/C13H13BrN2O2/c14-11-5-10(6-15)3-4-12(11)16(8-13(17)18)7-9-1-2-9/h3-5,9H,1-2,7-8H2,(H,17,18). The fourth-order valence-electron chi connectivity index (χ4n) is 1.86. The molecule has 1 N–H and O–H groups in total. The number of benzene rings is 1. The van der Waals surface area contributed by atoms with E-state index < -0.39 is 5.97 Å². The van der Waals surface area contributed by atoms with Gasteiger partial charge in [0.15, 0.2) is 0 Å². The molecule has 0 bridgehead atoms. The normalized spacial score (nSPS) is 14.0. The number of anilines is 1. The molecule has 0 aliphatic heterocycles. The van der Waals surface area contributed by atoms with Crippen molar-refractivity contribution in [2.24, 2.45) is 5.92 Å². The number of carbonyl (C=O) groups is 1. The minimum atomic E-state index is -0.841. The third-order valence-corrected chi connectivity index (χ3v) is 3.55. The molecule has 0 spiro atoms. The average Bonchev–Trinajstić information content (AvgIpc) is 3.11. The maximum Gasteiger partial charge on any atom is 0.323 e. The molecule has 5 heteroatoms. The van der Waals surface area contributed by atoms with E-state index in [4.69, 9.17) is 10.4 Å². The molecule has 0 aromatic heterocycles. The maximum atomic E-state index is 10.9. The number of nitriles is 1. The Kier molecular flexibility index (Phi) is 3.87. The van der Waals surface area contributed by atoms with E-state index in [1.165, 1.54) is 12.8 Å². The number of carboxylic acids is 1. The molecule has 1 aromatic rings. The smallest absolute Gasteiger partial charge is 0.323 e. The number of carboxylic acid groups (broad SMARTS) is 1. The highest BCUT2D eigenvalue weighted by Crippen LogP contribution is 2.34. The summed E-state index contributed by atoms with van der Waals surface area (Å²) in [5.74, 6) is -0.237. The zero-order chi connectivity index (χ0) is 13.1. The monoisotopic (exact) mass is 308 g/mol. The molecule has 0 radical (unpaired) electrons. The quantitative estimate of drug-likeness (QED) is 0.908. The van der Waals surface area contributed by atoms with Gasteiger partial charge in [0, 0.05) is 11.0 Å². The van der Waals surface area contributed by atoms with Crippen LogP contribution in [0.3, 0.4) is 0 Å². The van der Waals surface area contributed by atoms with Crippen LogP contribution in [-0.4, -0.2) is 24.2 Å². The number of hydrogen-bond donors (Lipinski definition) is 1. The SMILES string of the molecule is N#Cc1ccc(N(CC(=O)O)CC2CC2)c(Br)c1. The fraction of sp³-hybridized carbons (Fsp3) is 0.385. The second-order valence-corrected chi connectivity index (χ2v) is 5.35. The minimum Gasteiger partial charge on any atom is -0.480 e. The van der Waals surface area contributed by atoms with Crippen LogP contribution in [0.5, 0.6) is 0 Å². The molecule has 0 heterocycles. The van der Waals surface area contributed by atoms with Crippen molar-refractivity contribution in [3.63, 3.8) is 0 Å². The average molecular weight is 309 g/mol. The van der Waals surface area contributed by atoms with Crippen LogP contribution < -0.4 is 4.90 Å². The first-order valence-corrected chi connectivity index (χ1v) is 6.56. The van der Waals surface area contributed by atoms with E-state index >= 15 is 0 Å². The Hall–Kier alpha value is -1.54. The topological polar surface area (TPSA) is 64.3 Å². The summed E-state index contributed by atoms with van der Waals surface area (Å²) in [6.45, 7) is 0.748. The number of rotatable bonds is 5. The first-order valence-electron chi connectivity index (χ1n) is 5.76. The lowest BCUT2D eigenvalue weighted by molar-refractivity contribution is -0.135.